The van der Waals surface area contributed by atoms with Gasteiger partial charge in [-0.2, -0.15) is 0 Å². The number of anilines is 1. The molecule has 20 heavy (non-hydrogen) atoms. The minimum Gasteiger partial charge on any atom is -0.345 e. The van der Waals surface area contributed by atoms with Crippen LogP contribution in [0.3, 0.4) is 0 Å². The standard InChI is InChI=1S/C13H17F2N3O2/c1-3-18(2)12(20)8-16-7-11(19)17-13-9(14)5-4-6-10(13)15/h4-6,16H,3,7-8H2,1-2H3,(H,17,19). The van der Waals surface area contributed by atoms with Gasteiger partial charge in [-0.25, -0.2) is 8.78 Å². The van der Waals surface area contributed by atoms with E-state index in [9.17, 15) is 18.4 Å². The zero-order valence-electron chi connectivity index (χ0n) is 11.4. The van der Waals surface area contributed by atoms with Crippen LogP contribution in [0.4, 0.5) is 14.5 Å². The Morgan fingerprint density at radius 1 is 1.20 bits per heavy atom. The van der Waals surface area contributed by atoms with Crippen LogP contribution >= 0.6 is 0 Å². The first kappa shape index (κ1) is 16.0. The molecular formula is C13H17F2N3O2. The predicted molar refractivity (Wildman–Crippen MR) is 71.2 cm³/mol. The Bertz CT molecular complexity index is 474. The van der Waals surface area contributed by atoms with Crippen LogP contribution in [0, 0.1) is 11.6 Å². The van der Waals surface area contributed by atoms with Crippen molar-refractivity contribution in [2.24, 2.45) is 0 Å². The van der Waals surface area contributed by atoms with Crippen LogP contribution in [-0.2, 0) is 9.59 Å². The summed E-state index contributed by atoms with van der Waals surface area (Å²) in [6, 6.07) is 3.30. The van der Waals surface area contributed by atoms with Crippen molar-refractivity contribution in [3.8, 4) is 0 Å². The van der Waals surface area contributed by atoms with E-state index in [0.29, 0.717) is 6.54 Å². The van der Waals surface area contributed by atoms with E-state index in [1.54, 1.807) is 7.05 Å². The van der Waals surface area contributed by atoms with E-state index < -0.39 is 23.2 Å². The number of rotatable bonds is 6. The summed E-state index contributed by atoms with van der Waals surface area (Å²) in [6.07, 6.45) is 0. The molecule has 0 unspecified atom stereocenters. The maximum Gasteiger partial charge on any atom is 0.238 e. The first-order chi connectivity index (χ1) is 9.45. The minimum atomic E-state index is -0.847. The Hall–Kier alpha value is -2.02. The third-order valence-corrected chi connectivity index (χ3v) is 2.69. The SMILES string of the molecule is CCN(C)C(=O)CNCC(=O)Nc1c(F)cccc1F. The molecule has 2 N–H and O–H groups in total. The maximum absolute atomic E-state index is 13.3. The topological polar surface area (TPSA) is 61.4 Å². The van der Waals surface area contributed by atoms with E-state index in [0.717, 1.165) is 12.1 Å². The van der Waals surface area contributed by atoms with Crippen LogP contribution < -0.4 is 10.6 Å². The molecule has 0 aliphatic heterocycles. The van der Waals surface area contributed by atoms with Gasteiger partial charge in [-0.15, -0.1) is 0 Å². The summed E-state index contributed by atoms with van der Waals surface area (Å²) < 4.78 is 26.6. The number of para-hydroxylation sites is 1. The van der Waals surface area contributed by atoms with Crippen LogP contribution in [0.2, 0.25) is 0 Å². The van der Waals surface area contributed by atoms with Gasteiger partial charge in [-0.1, -0.05) is 6.07 Å². The third-order valence-electron chi connectivity index (χ3n) is 2.69. The second kappa shape index (κ2) is 7.54. The summed E-state index contributed by atoms with van der Waals surface area (Å²) in [5.74, 6) is -2.49. The molecule has 0 radical (unpaired) electrons. The average Bonchev–Trinajstić information content (AvgIpc) is 2.42. The Morgan fingerprint density at radius 3 is 2.35 bits per heavy atom. The number of likely N-dealkylation sites (N-methyl/N-ethyl adjacent to an activating group) is 1. The van der Waals surface area contributed by atoms with Crippen molar-refractivity contribution in [3.05, 3.63) is 29.8 Å². The van der Waals surface area contributed by atoms with Crippen molar-refractivity contribution < 1.29 is 18.4 Å². The summed E-state index contributed by atoms with van der Waals surface area (Å²) >= 11 is 0. The molecule has 0 heterocycles. The molecule has 1 rings (SSSR count). The van der Waals surface area contributed by atoms with E-state index in [4.69, 9.17) is 0 Å². The summed E-state index contributed by atoms with van der Waals surface area (Å²) in [4.78, 5) is 24.4. The van der Waals surface area contributed by atoms with Crippen molar-refractivity contribution in [1.29, 1.82) is 0 Å². The maximum atomic E-state index is 13.3. The number of nitrogens with zero attached hydrogens (tertiary/aromatic N) is 1. The number of carbonyl (C=O) groups is 2. The monoisotopic (exact) mass is 285 g/mol. The molecule has 0 saturated carbocycles. The van der Waals surface area contributed by atoms with Gasteiger partial charge >= 0.3 is 0 Å². The smallest absolute Gasteiger partial charge is 0.238 e. The molecule has 0 aliphatic carbocycles. The molecule has 1 aromatic carbocycles. The van der Waals surface area contributed by atoms with Crippen molar-refractivity contribution in [1.82, 2.24) is 10.2 Å². The lowest BCUT2D eigenvalue weighted by Crippen LogP contribution is -2.38. The highest BCUT2D eigenvalue weighted by atomic mass is 19.1. The van der Waals surface area contributed by atoms with Gasteiger partial charge in [0.25, 0.3) is 0 Å². The van der Waals surface area contributed by atoms with Crippen LogP contribution in [0.15, 0.2) is 18.2 Å². The summed E-state index contributed by atoms with van der Waals surface area (Å²) in [7, 11) is 1.64. The Morgan fingerprint density at radius 2 is 1.80 bits per heavy atom. The molecule has 0 aromatic heterocycles. The number of carbonyl (C=O) groups excluding carboxylic acids is 2. The van der Waals surface area contributed by atoms with Crippen LogP contribution in [0.25, 0.3) is 0 Å². The van der Waals surface area contributed by atoms with Crippen molar-refractivity contribution >= 4 is 17.5 Å². The molecule has 5 nitrogen and oxygen atoms in total. The highest BCUT2D eigenvalue weighted by Crippen LogP contribution is 2.17. The number of hydrogen-bond donors (Lipinski definition) is 2. The largest absolute Gasteiger partial charge is 0.345 e. The average molecular weight is 285 g/mol. The molecule has 0 saturated heterocycles. The summed E-state index contributed by atoms with van der Waals surface area (Å²) in [5.41, 5.74) is -0.490. The van der Waals surface area contributed by atoms with Crippen molar-refractivity contribution in [2.75, 3.05) is 32.0 Å². The van der Waals surface area contributed by atoms with E-state index >= 15 is 0 Å². The molecule has 0 spiro atoms. The fourth-order valence-electron chi connectivity index (χ4n) is 1.40. The van der Waals surface area contributed by atoms with Gasteiger partial charge < -0.3 is 10.2 Å². The second-order valence-electron chi connectivity index (χ2n) is 4.16. The Kier molecular flexibility index (Phi) is 6.05. The normalized spacial score (nSPS) is 10.2. The molecule has 2 amide bonds. The van der Waals surface area contributed by atoms with Crippen molar-refractivity contribution in [2.45, 2.75) is 6.92 Å². The molecular weight excluding hydrogens is 268 g/mol. The Labute approximate surface area is 115 Å². The van der Waals surface area contributed by atoms with Crippen LogP contribution in [0.1, 0.15) is 6.92 Å². The number of benzene rings is 1. The first-order valence-electron chi connectivity index (χ1n) is 6.14. The second-order valence-corrected chi connectivity index (χ2v) is 4.16. The van der Waals surface area contributed by atoms with Gasteiger partial charge in [0.15, 0.2) is 0 Å². The van der Waals surface area contributed by atoms with Gasteiger partial charge in [0, 0.05) is 13.6 Å². The summed E-state index contributed by atoms with van der Waals surface area (Å²) in [6.45, 7) is 2.16. The minimum absolute atomic E-state index is 0.0164. The van der Waals surface area contributed by atoms with E-state index in [-0.39, 0.29) is 19.0 Å². The lowest BCUT2D eigenvalue weighted by Gasteiger charge is -2.14. The van der Waals surface area contributed by atoms with Crippen LogP contribution in [-0.4, -0.2) is 43.4 Å². The third kappa shape index (κ3) is 4.58. The number of hydrogen-bond acceptors (Lipinski definition) is 3. The Balaban J connectivity index is 2.43. The lowest BCUT2D eigenvalue weighted by molar-refractivity contribution is -0.128. The molecule has 0 atom stereocenters. The quantitative estimate of drug-likeness (QED) is 0.819. The number of halogens is 2. The van der Waals surface area contributed by atoms with Gasteiger partial charge in [0.05, 0.1) is 13.1 Å². The van der Waals surface area contributed by atoms with Gasteiger partial charge in [-0.3, -0.25) is 14.9 Å². The first-order valence-corrected chi connectivity index (χ1v) is 6.14. The summed E-state index contributed by atoms with van der Waals surface area (Å²) in [5, 5.41) is 4.73. The van der Waals surface area contributed by atoms with E-state index in [1.807, 2.05) is 6.92 Å². The lowest BCUT2D eigenvalue weighted by atomic mass is 10.3. The zero-order chi connectivity index (χ0) is 15.1. The zero-order valence-corrected chi connectivity index (χ0v) is 11.4. The predicted octanol–water partition coefficient (Wildman–Crippen LogP) is 0.971. The van der Waals surface area contributed by atoms with Crippen molar-refractivity contribution in [3.63, 3.8) is 0 Å². The molecule has 1 aromatic rings. The molecule has 7 heteroatoms. The number of nitrogens with one attached hydrogen (secondary N) is 2. The fourth-order valence-corrected chi connectivity index (χ4v) is 1.40. The fraction of sp³-hybridized carbons (Fsp3) is 0.385. The molecule has 110 valence electrons. The van der Waals surface area contributed by atoms with E-state index in [2.05, 4.69) is 10.6 Å². The highest BCUT2D eigenvalue weighted by molar-refractivity contribution is 5.92. The van der Waals surface area contributed by atoms with Crippen LogP contribution in [0.5, 0.6) is 0 Å². The molecule has 0 fully saturated rings. The van der Waals surface area contributed by atoms with Gasteiger partial charge in [0.2, 0.25) is 11.8 Å². The van der Waals surface area contributed by atoms with E-state index in [1.165, 1.54) is 11.0 Å². The molecule has 0 aliphatic rings. The number of amides is 2. The highest BCUT2D eigenvalue weighted by Gasteiger charge is 2.12. The van der Waals surface area contributed by atoms with Gasteiger partial charge in [-0.05, 0) is 19.1 Å². The molecule has 0 bridgehead atoms. The van der Waals surface area contributed by atoms with Gasteiger partial charge in [0.1, 0.15) is 17.3 Å².